The SMILES string of the molecule is COC(=O)CCCNC(=O)C[NH+]1CCN(c2ccccc2)CC1. The molecule has 1 aliphatic heterocycles. The Kier molecular flexibility index (Phi) is 6.87. The first-order valence-corrected chi connectivity index (χ1v) is 8.16. The molecule has 2 N–H and O–H groups in total. The summed E-state index contributed by atoms with van der Waals surface area (Å²) in [5.74, 6) is -0.181. The van der Waals surface area contributed by atoms with Crippen LogP contribution in [0.1, 0.15) is 12.8 Å². The fraction of sp³-hybridized carbons (Fsp3) is 0.529. The summed E-state index contributed by atoms with van der Waals surface area (Å²) in [5, 5.41) is 2.87. The van der Waals surface area contributed by atoms with Crippen LogP contribution in [0.15, 0.2) is 30.3 Å². The third-order valence-electron chi connectivity index (χ3n) is 4.11. The molecule has 6 heteroatoms. The van der Waals surface area contributed by atoms with Crippen LogP contribution in [0.3, 0.4) is 0 Å². The van der Waals surface area contributed by atoms with E-state index in [0.717, 1.165) is 26.2 Å². The Morgan fingerprint density at radius 3 is 2.57 bits per heavy atom. The molecule has 0 aromatic heterocycles. The zero-order chi connectivity index (χ0) is 16.5. The second-order valence-corrected chi connectivity index (χ2v) is 5.78. The molecule has 23 heavy (non-hydrogen) atoms. The van der Waals surface area contributed by atoms with Crippen LogP contribution < -0.4 is 15.1 Å². The predicted molar refractivity (Wildman–Crippen MR) is 88.5 cm³/mol. The largest absolute Gasteiger partial charge is 0.469 e. The van der Waals surface area contributed by atoms with Crippen LogP contribution >= 0.6 is 0 Å². The number of nitrogens with one attached hydrogen (secondary N) is 2. The van der Waals surface area contributed by atoms with Crippen molar-refractivity contribution in [2.24, 2.45) is 0 Å². The molecule has 2 rings (SSSR count). The van der Waals surface area contributed by atoms with Gasteiger partial charge in [-0.15, -0.1) is 0 Å². The van der Waals surface area contributed by atoms with E-state index in [1.807, 2.05) is 6.07 Å². The normalized spacial score (nSPS) is 15.3. The number of nitrogens with zero attached hydrogens (tertiary/aromatic N) is 1. The fourth-order valence-electron chi connectivity index (χ4n) is 2.75. The Labute approximate surface area is 137 Å². The number of hydrogen-bond acceptors (Lipinski definition) is 4. The van der Waals surface area contributed by atoms with Gasteiger partial charge >= 0.3 is 5.97 Å². The van der Waals surface area contributed by atoms with E-state index in [0.29, 0.717) is 25.9 Å². The molecular formula is C17H26N3O3+. The summed E-state index contributed by atoms with van der Waals surface area (Å²) >= 11 is 0. The lowest BCUT2D eigenvalue weighted by Crippen LogP contribution is -3.15. The van der Waals surface area contributed by atoms with Crippen LogP contribution in [0.2, 0.25) is 0 Å². The van der Waals surface area contributed by atoms with Gasteiger partial charge in [0.2, 0.25) is 0 Å². The molecule has 0 saturated carbocycles. The van der Waals surface area contributed by atoms with Gasteiger partial charge in [0.25, 0.3) is 5.91 Å². The zero-order valence-electron chi connectivity index (χ0n) is 13.7. The van der Waals surface area contributed by atoms with Crippen molar-refractivity contribution < 1.29 is 19.2 Å². The Morgan fingerprint density at radius 2 is 1.91 bits per heavy atom. The standard InChI is InChI=1S/C17H25N3O3/c1-23-17(22)8-5-9-18-16(21)14-19-10-12-20(13-11-19)15-6-3-2-4-7-15/h2-4,6-7H,5,8-14H2,1H3,(H,18,21)/p+1. The average Bonchev–Trinajstić information content (AvgIpc) is 2.60. The molecule has 1 fully saturated rings. The van der Waals surface area contributed by atoms with E-state index in [2.05, 4.69) is 39.2 Å². The number of ether oxygens (including phenoxy) is 1. The Morgan fingerprint density at radius 1 is 1.22 bits per heavy atom. The first-order valence-electron chi connectivity index (χ1n) is 8.16. The monoisotopic (exact) mass is 320 g/mol. The highest BCUT2D eigenvalue weighted by Crippen LogP contribution is 2.12. The molecule has 0 radical (unpaired) electrons. The maximum absolute atomic E-state index is 11.9. The minimum Gasteiger partial charge on any atom is -0.469 e. The van der Waals surface area contributed by atoms with E-state index in [9.17, 15) is 9.59 Å². The van der Waals surface area contributed by atoms with Crippen molar-refractivity contribution in [1.29, 1.82) is 0 Å². The van der Waals surface area contributed by atoms with Gasteiger partial charge in [0.15, 0.2) is 6.54 Å². The van der Waals surface area contributed by atoms with E-state index in [1.54, 1.807) is 0 Å². The van der Waals surface area contributed by atoms with E-state index < -0.39 is 0 Å². The number of benzene rings is 1. The van der Waals surface area contributed by atoms with Crippen molar-refractivity contribution in [1.82, 2.24) is 5.32 Å². The molecule has 126 valence electrons. The number of para-hydroxylation sites is 1. The lowest BCUT2D eigenvalue weighted by Gasteiger charge is -2.33. The molecule has 0 aliphatic carbocycles. The summed E-state index contributed by atoms with van der Waals surface area (Å²) in [4.78, 5) is 26.6. The molecule has 0 spiro atoms. The van der Waals surface area contributed by atoms with Gasteiger partial charge in [-0.3, -0.25) is 9.59 Å². The highest BCUT2D eigenvalue weighted by molar-refractivity contribution is 5.76. The van der Waals surface area contributed by atoms with Crippen LogP contribution in [0.25, 0.3) is 0 Å². The van der Waals surface area contributed by atoms with Gasteiger partial charge in [-0.1, -0.05) is 18.2 Å². The molecule has 1 aromatic carbocycles. The second kappa shape index (κ2) is 9.15. The van der Waals surface area contributed by atoms with E-state index in [-0.39, 0.29) is 11.9 Å². The predicted octanol–water partition coefficient (Wildman–Crippen LogP) is -0.539. The van der Waals surface area contributed by atoms with Gasteiger partial charge in [-0.05, 0) is 18.6 Å². The number of anilines is 1. The molecule has 0 unspecified atom stereocenters. The van der Waals surface area contributed by atoms with Crippen molar-refractivity contribution in [3.63, 3.8) is 0 Å². The van der Waals surface area contributed by atoms with Gasteiger partial charge in [-0.25, -0.2) is 0 Å². The van der Waals surface area contributed by atoms with Crippen molar-refractivity contribution >= 4 is 17.6 Å². The highest BCUT2D eigenvalue weighted by Gasteiger charge is 2.22. The van der Waals surface area contributed by atoms with Gasteiger partial charge in [0, 0.05) is 18.7 Å². The van der Waals surface area contributed by atoms with Gasteiger partial charge in [-0.2, -0.15) is 0 Å². The quantitative estimate of drug-likeness (QED) is 0.523. The molecule has 0 bridgehead atoms. The summed E-state index contributed by atoms with van der Waals surface area (Å²) in [6.07, 6.45) is 0.967. The number of hydrogen-bond donors (Lipinski definition) is 2. The van der Waals surface area contributed by atoms with Crippen molar-refractivity contribution in [2.75, 3.05) is 51.3 Å². The molecule has 1 aliphatic rings. The number of methoxy groups -OCH3 is 1. The average molecular weight is 320 g/mol. The van der Waals surface area contributed by atoms with Crippen molar-refractivity contribution in [3.05, 3.63) is 30.3 Å². The van der Waals surface area contributed by atoms with Gasteiger partial charge < -0.3 is 19.9 Å². The topological polar surface area (TPSA) is 63.1 Å². The number of carbonyl (C=O) groups is 2. The zero-order valence-corrected chi connectivity index (χ0v) is 13.7. The van der Waals surface area contributed by atoms with Crippen molar-refractivity contribution in [3.8, 4) is 0 Å². The Hall–Kier alpha value is -2.08. The van der Waals surface area contributed by atoms with E-state index in [4.69, 9.17) is 0 Å². The first kappa shape index (κ1) is 17.3. The molecule has 6 nitrogen and oxygen atoms in total. The Bertz CT molecular complexity index is 499. The summed E-state index contributed by atoms with van der Waals surface area (Å²) in [7, 11) is 1.37. The number of carbonyl (C=O) groups excluding carboxylic acids is 2. The summed E-state index contributed by atoms with van der Waals surface area (Å²) in [6, 6.07) is 10.4. The maximum atomic E-state index is 11.9. The van der Waals surface area contributed by atoms with Crippen molar-refractivity contribution in [2.45, 2.75) is 12.8 Å². The first-order chi connectivity index (χ1) is 11.2. The number of piperazine rings is 1. The fourth-order valence-corrected chi connectivity index (χ4v) is 2.75. The summed E-state index contributed by atoms with van der Waals surface area (Å²) < 4.78 is 4.56. The van der Waals surface area contributed by atoms with E-state index in [1.165, 1.54) is 17.7 Å². The Balaban J connectivity index is 1.62. The smallest absolute Gasteiger partial charge is 0.305 e. The highest BCUT2D eigenvalue weighted by atomic mass is 16.5. The lowest BCUT2D eigenvalue weighted by molar-refractivity contribution is -0.892. The number of amides is 1. The van der Waals surface area contributed by atoms with Crippen LogP contribution in [0, 0.1) is 0 Å². The number of quaternary nitrogens is 1. The molecule has 1 saturated heterocycles. The minimum atomic E-state index is -0.234. The molecule has 1 amide bonds. The van der Waals surface area contributed by atoms with Crippen LogP contribution in [0.5, 0.6) is 0 Å². The number of esters is 1. The third-order valence-corrected chi connectivity index (χ3v) is 4.11. The van der Waals surface area contributed by atoms with Gasteiger partial charge in [0.1, 0.15) is 0 Å². The van der Waals surface area contributed by atoms with Gasteiger partial charge in [0.05, 0.1) is 33.3 Å². The number of rotatable bonds is 7. The molecule has 0 atom stereocenters. The van der Waals surface area contributed by atoms with Crippen LogP contribution in [0.4, 0.5) is 5.69 Å². The molecule has 1 aromatic rings. The van der Waals surface area contributed by atoms with Crippen LogP contribution in [-0.4, -0.2) is 58.3 Å². The molecule has 1 heterocycles. The van der Waals surface area contributed by atoms with Crippen LogP contribution in [-0.2, 0) is 14.3 Å². The minimum absolute atomic E-state index is 0.0537. The van der Waals surface area contributed by atoms with E-state index >= 15 is 0 Å². The summed E-state index contributed by atoms with van der Waals surface area (Å²) in [5.41, 5.74) is 1.25. The summed E-state index contributed by atoms with van der Waals surface area (Å²) in [6.45, 7) is 4.89. The maximum Gasteiger partial charge on any atom is 0.305 e. The second-order valence-electron chi connectivity index (χ2n) is 5.78. The third kappa shape index (κ3) is 5.90. The molecular weight excluding hydrogens is 294 g/mol. The lowest BCUT2D eigenvalue weighted by atomic mass is 10.2.